The summed E-state index contributed by atoms with van der Waals surface area (Å²) in [6.45, 7) is 9.52. The number of piperidine rings is 1. The molecule has 1 aromatic heterocycles. The van der Waals surface area contributed by atoms with E-state index in [9.17, 15) is 4.79 Å². The van der Waals surface area contributed by atoms with Gasteiger partial charge in [0.2, 0.25) is 0 Å². The van der Waals surface area contributed by atoms with Crippen LogP contribution in [-0.2, 0) is 11.2 Å². The Bertz CT molecular complexity index is 839. The van der Waals surface area contributed by atoms with Gasteiger partial charge in [-0.1, -0.05) is 18.6 Å². The fourth-order valence-electron chi connectivity index (χ4n) is 4.35. The highest BCUT2D eigenvalue weighted by atomic mass is 16.5. The lowest BCUT2D eigenvalue weighted by Crippen LogP contribution is -2.38. The first-order valence-electron chi connectivity index (χ1n) is 10.4. The Morgan fingerprint density at radius 3 is 2.57 bits per heavy atom. The van der Waals surface area contributed by atoms with Crippen LogP contribution in [0.15, 0.2) is 18.3 Å². The zero-order valence-electron chi connectivity index (χ0n) is 17.9. The van der Waals surface area contributed by atoms with Gasteiger partial charge in [-0.2, -0.15) is 0 Å². The third-order valence-corrected chi connectivity index (χ3v) is 5.60. The lowest BCUT2D eigenvalue weighted by Gasteiger charge is -2.36. The number of nitrogens with zero attached hydrogens (tertiary/aromatic N) is 3. The Kier molecular flexibility index (Phi) is 6.55. The molecule has 2 heterocycles. The van der Waals surface area contributed by atoms with Crippen LogP contribution in [-0.4, -0.2) is 56.2 Å². The van der Waals surface area contributed by atoms with Crippen LogP contribution in [0.5, 0.6) is 0 Å². The predicted octanol–water partition coefficient (Wildman–Crippen LogP) is 4.06. The molecule has 3 rings (SSSR count). The van der Waals surface area contributed by atoms with Gasteiger partial charge in [-0.3, -0.25) is 4.98 Å². The van der Waals surface area contributed by atoms with Crippen molar-refractivity contribution in [2.75, 3.05) is 45.2 Å². The second-order valence-corrected chi connectivity index (χ2v) is 8.11. The van der Waals surface area contributed by atoms with E-state index in [1.54, 1.807) is 6.20 Å². The number of carbonyl (C=O) groups is 1. The maximum atomic E-state index is 12.7. The number of rotatable bonds is 6. The molecule has 5 heteroatoms. The van der Waals surface area contributed by atoms with Crippen molar-refractivity contribution in [3.05, 3.63) is 35.0 Å². The highest BCUT2D eigenvalue weighted by Gasteiger charge is 2.26. The molecule has 0 saturated carbocycles. The van der Waals surface area contributed by atoms with Gasteiger partial charge in [0.25, 0.3) is 0 Å². The van der Waals surface area contributed by atoms with Crippen LogP contribution in [0, 0.1) is 12.8 Å². The zero-order chi connectivity index (χ0) is 20.3. The van der Waals surface area contributed by atoms with E-state index in [4.69, 9.17) is 4.74 Å². The molecular formula is C23H33N3O2. The van der Waals surface area contributed by atoms with Gasteiger partial charge in [-0.25, -0.2) is 4.79 Å². The largest absolute Gasteiger partial charge is 0.462 e. The normalized spacial score (nSPS) is 15.4. The Hall–Kier alpha value is -2.14. The number of fused-ring (bicyclic) bond motifs is 1. The summed E-state index contributed by atoms with van der Waals surface area (Å²) in [4.78, 5) is 22.0. The minimum absolute atomic E-state index is 0.276. The second kappa shape index (κ2) is 8.91. The Balaban J connectivity index is 2.06. The number of aryl methyl sites for hydroxylation is 2. The highest BCUT2D eigenvalue weighted by molar-refractivity contribution is 6.06. The lowest BCUT2D eigenvalue weighted by molar-refractivity contribution is 0.0526. The summed E-state index contributed by atoms with van der Waals surface area (Å²) >= 11 is 0. The molecule has 0 unspecified atom stereocenters. The number of hydrogen-bond donors (Lipinski definition) is 0. The zero-order valence-corrected chi connectivity index (χ0v) is 17.9. The fraction of sp³-hybridized carbons (Fsp3) is 0.565. The molecule has 0 bridgehead atoms. The number of hydrogen-bond acceptors (Lipinski definition) is 5. The molecule has 2 aromatic rings. The Morgan fingerprint density at radius 1 is 1.25 bits per heavy atom. The number of ether oxygens (including phenoxy) is 1. The van der Waals surface area contributed by atoms with Crippen molar-refractivity contribution in [3.8, 4) is 0 Å². The molecule has 0 radical (unpaired) electrons. The van der Waals surface area contributed by atoms with E-state index in [2.05, 4.69) is 54.9 Å². The predicted molar refractivity (Wildman–Crippen MR) is 115 cm³/mol. The van der Waals surface area contributed by atoms with Gasteiger partial charge in [0.1, 0.15) is 5.56 Å². The third-order valence-electron chi connectivity index (χ3n) is 5.60. The van der Waals surface area contributed by atoms with E-state index in [1.807, 2.05) is 6.92 Å². The molecule has 0 N–H and O–H groups in total. The first-order valence-corrected chi connectivity index (χ1v) is 10.4. The smallest absolute Gasteiger partial charge is 0.341 e. The van der Waals surface area contributed by atoms with Crippen LogP contribution in [0.25, 0.3) is 10.9 Å². The standard InChI is InChI=1S/C23H33N3O2/c1-6-18-12-16(3)13-19-21(18)24-14-20(23(27)28-7-2)22(19)26-10-8-17(9-11-26)15-25(4)5/h12-14,17H,6-11,15H2,1-5H3. The van der Waals surface area contributed by atoms with Gasteiger partial charge in [0, 0.05) is 31.2 Å². The number of esters is 1. The van der Waals surface area contributed by atoms with Crippen molar-refractivity contribution in [3.63, 3.8) is 0 Å². The average molecular weight is 384 g/mol. The topological polar surface area (TPSA) is 45.7 Å². The molecule has 1 aliphatic heterocycles. The van der Waals surface area contributed by atoms with E-state index in [1.165, 1.54) is 11.1 Å². The van der Waals surface area contributed by atoms with Gasteiger partial charge in [-0.05, 0) is 64.8 Å². The number of anilines is 1. The third kappa shape index (κ3) is 4.30. The monoisotopic (exact) mass is 383 g/mol. The van der Waals surface area contributed by atoms with E-state index < -0.39 is 0 Å². The average Bonchev–Trinajstić information content (AvgIpc) is 2.66. The second-order valence-electron chi connectivity index (χ2n) is 8.11. The number of aromatic nitrogens is 1. The van der Waals surface area contributed by atoms with Gasteiger partial charge < -0.3 is 14.5 Å². The summed E-state index contributed by atoms with van der Waals surface area (Å²) in [5, 5.41) is 1.08. The van der Waals surface area contributed by atoms with Crippen molar-refractivity contribution < 1.29 is 9.53 Å². The summed E-state index contributed by atoms with van der Waals surface area (Å²) in [5.74, 6) is 0.431. The van der Waals surface area contributed by atoms with Crippen LogP contribution >= 0.6 is 0 Å². The van der Waals surface area contributed by atoms with Crippen molar-refractivity contribution in [1.29, 1.82) is 0 Å². The molecular weight excluding hydrogens is 350 g/mol. The molecule has 5 nitrogen and oxygen atoms in total. The fourth-order valence-corrected chi connectivity index (χ4v) is 4.35. The first kappa shape index (κ1) is 20.6. The van der Waals surface area contributed by atoms with Gasteiger partial charge in [0.15, 0.2) is 0 Å². The van der Waals surface area contributed by atoms with Gasteiger partial charge in [-0.15, -0.1) is 0 Å². The minimum atomic E-state index is -0.276. The summed E-state index contributed by atoms with van der Waals surface area (Å²) < 4.78 is 5.36. The SMILES string of the molecule is CCOC(=O)c1cnc2c(CC)cc(C)cc2c1N1CCC(CN(C)C)CC1. The van der Waals surface area contributed by atoms with Crippen LogP contribution in [0.3, 0.4) is 0 Å². The molecule has 28 heavy (non-hydrogen) atoms. The Labute approximate surface area is 168 Å². The van der Waals surface area contributed by atoms with Gasteiger partial charge >= 0.3 is 5.97 Å². The minimum Gasteiger partial charge on any atom is -0.462 e. The highest BCUT2D eigenvalue weighted by Crippen LogP contribution is 2.35. The van der Waals surface area contributed by atoms with Crippen LogP contribution < -0.4 is 4.90 Å². The maximum absolute atomic E-state index is 12.7. The van der Waals surface area contributed by atoms with E-state index in [0.29, 0.717) is 18.1 Å². The number of pyridine rings is 1. The van der Waals surface area contributed by atoms with Crippen molar-refractivity contribution in [2.24, 2.45) is 5.92 Å². The van der Waals surface area contributed by atoms with E-state index in [0.717, 1.165) is 55.5 Å². The van der Waals surface area contributed by atoms with Crippen LogP contribution in [0.1, 0.15) is 48.2 Å². The van der Waals surface area contributed by atoms with Crippen molar-refractivity contribution >= 4 is 22.6 Å². The van der Waals surface area contributed by atoms with Crippen LogP contribution in [0.2, 0.25) is 0 Å². The van der Waals surface area contributed by atoms with Gasteiger partial charge in [0.05, 0.1) is 17.8 Å². The molecule has 0 aliphatic carbocycles. The molecule has 1 aliphatic rings. The molecule has 152 valence electrons. The summed E-state index contributed by atoms with van der Waals surface area (Å²) in [5.41, 5.74) is 5.04. The molecule has 1 saturated heterocycles. The molecule has 0 atom stereocenters. The number of benzene rings is 1. The summed E-state index contributed by atoms with van der Waals surface area (Å²) in [6.07, 6.45) is 4.91. The van der Waals surface area contributed by atoms with E-state index in [-0.39, 0.29) is 5.97 Å². The lowest BCUT2D eigenvalue weighted by atomic mass is 9.94. The van der Waals surface area contributed by atoms with Crippen LogP contribution in [0.4, 0.5) is 5.69 Å². The quantitative estimate of drug-likeness (QED) is 0.704. The Morgan fingerprint density at radius 2 is 1.96 bits per heavy atom. The van der Waals surface area contributed by atoms with E-state index >= 15 is 0 Å². The molecule has 0 amide bonds. The van der Waals surface area contributed by atoms with Crippen molar-refractivity contribution in [1.82, 2.24) is 9.88 Å². The van der Waals surface area contributed by atoms with Crippen molar-refractivity contribution in [2.45, 2.75) is 40.0 Å². The first-order chi connectivity index (χ1) is 13.4. The summed E-state index contributed by atoms with van der Waals surface area (Å²) in [6, 6.07) is 4.37. The summed E-state index contributed by atoms with van der Waals surface area (Å²) in [7, 11) is 4.27. The molecule has 1 fully saturated rings. The maximum Gasteiger partial charge on any atom is 0.341 e. The molecule has 0 spiro atoms. The number of carbonyl (C=O) groups excluding carboxylic acids is 1. The molecule has 1 aromatic carbocycles.